The summed E-state index contributed by atoms with van der Waals surface area (Å²) >= 11 is 3.42. The minimum atomic E-state index is 0.542. The molecule has 2 aromatic rings. The molecule has 1 fully saturated rings. The van der Waals surface area contributed by atoms with Gasteiger partial charge in [0.25, 0.3) is 0 Å². The Balaban J connectivity index is 2.03. The summed E-state index contributed by atoms with van der Waals surface area (Å²) in [6.45, 7) is 2.17. The zero-order chi connectivity index (χ0) is 11.0. The van der Waals surface area contributed by atoms with Crippen LogP contribution in [0.3, 0.4) is 0 Å². The van der Waals surface area contributed by atoms with Crippen LogP contribution in [0.15, 0.2) is 23.1 Å². The van der Waals surface area contributed by atoms with Crippen LogP contribution in [0, 0.1) is 0 Å². The molecule has 0 amide bonds. The van der Waals surface area contributed by atoms with Crippen LogP contribution in [0.1, 0.15) is 18.9 Å². The van der Waals surface area contributed by atoms with Gasteiger partial charge in [-0.15, -0.1) is 0 Å². The monoisotopic (exact) mass is 280 g/mol. The molecular weight excluding hydrogens is 268 g/mol. The molecule has 84 valence electrons. The molecule has 1 saturated heterocycles. The standard InChI is InChI=1S/C11H13BrN4/c12-8-5-10-11(14-6-8)16(7-15-10)9-1-3-13-4-2-9/h5-7,9,13H,1-4H2. The van der Waals surface area contributed by atoms with Crippen LogP contribution in [0.5, 0.6) is 0 Å². The Labute approximate surface area is 102 Å². The summed E-state index contributed by atoms with van der Waals surface area (Å²) in [5.74, 6) is 0. The highest BCUT2D eigenvalue weighted by Gasteiger charge is 2.17. The lowest BCUT2D eigenvalue weighted by Gasteiger charge is -2.23. The van der Waals surface area contributed by atoms with Gasteiger partial charge in [0.05, 0.1) is 6.33 Å². The molecule has 0 aromatic carbocycles. The Morgan fingerprint density at radius 1 is 1.31 bits per heavy atom. The lowest BCUT2D eigenvalue weighted by molar-refractivity contribution is 0.373. The molecule has 1 aliphatic heterocycles. The van der Waals surface area contributed by atoms with Crippen molar-refractivity contribution in [2.75, 3.05) is 13.1 Å². The van der Waals surface area contributed by atoms with Gasteiger partial charge in [0.2, 0.25) is 0 Å². The molecule has 0 aliphatic carbocycles. The zero-order valence-electron chi connectivity index (χ0n) is 8.86. The summed E-state index contributed by atoms with van der Waals surface area (Å²) in [4.78, 5) is 8.85. The normalized spacial score (nSPS) is 18.1. The molecule has 0 atom stereocenters. The van der Waals surface area contributed by atoms with E-state index in [0.717, 1.165) is 41.6 Å². The number of aromatic nitrogens is 3. The third kappa shape index (κ3) is 1.74. The summed E-state index contributed by atoms with van der Waals surface area (Å²) in [7, 11) is 0. The van der Waals surface area contributed by atoms with E-state index in [1.54, 1.807) is 0 Å². The third-order valence-electron chi connectivity index (χ3n) is 3.08. The number of nitrogens with one attached hydrogen (secondary N) is 1. The molecular formula is C11H13BrN4. The summed E-state index contributed by atoms with van der Waals surface area (Å²) in [6.07, 6.45) is 6.06. The summed E-state index contributed by atoms with van der Waals surface area (Å²) in [6, 6.07) is 2.56. The van der Waals surface area contributed by atoms with E-state index in [2.05, 4.69) is 35.8 Å². The summed E-state index contributed by atoms with van der Waals surface area (Å²) < 4.78 is 3.19. The SMILES string of the molecule is Brc1cnc2c(c1)ncn2C1CCNCC1. The first-order chi connectivity index (χ1) is 7.84. The molecule has 3 heterocycles. The molecule has 1 aliphatic rings. The van der Waals surface area contributed by atoms with Crippen LogP contribution >= 0.6 is 15.9 Å². The smallest absolute Gasteiger partial charge is 0.160 e. The van der Waals surface area contributed by atoms with Gasteiger partial charge in [-0.2, -0.15) is 0 Å². The van der Waals surface area contributed by atoms with Crippen molar-refractivity contribution >= 4 is 27.1 Å². The molecule has 0 spiro atoms. The van der Waals surface area contributed by atoms with Gasteiger partial charge in [0, 0.05) is 16.7 Å². The number of imidazole rings is 1. The molecule has 0 radical (unpaired) electrons. The highest BCUT2D eigenvalue weighted by atomic mass is 79.9. The van der Waals surface area contributed by atoms with Crippen LogP contribution in [-0.4, -0.2) is 27.6 Å². The van der Waals surface area contributed by atoms with Crippen molar-refractivity contribution in [1.29, 1.82) is 0 Å². The van der Waals surface area contributed by atoms with Crippen LogP contribution in [0.2, 0.25) is 0 Å². The predicted octanol–water partition coefficient (Wildman–Crippen LogP) is 2.12. The van der Waals surface area contributed by atoms with Crippen molar-refractivity contribution in [3.05, 3.63) is 23.1 Å². The Hall–Kier alpha value is -0.940. The lowest BCUT2D eigenvalue weighted by Crippen LogP contribution is -2.29. The predicted molar refractivity (Wildman–Crippen MR) is 66.4 cm³/mol. The van der Waals surface area contributed by atoms with Gasteiger partial charge in [-0.05, 0) is 47.9 Å². The van der Waals surface area contributed by atoms with Gasteiger partial charge in [-0.25, -0.2) is 9.97 Å². The summed E-state index contributed by atoms with van der Waals surface area (Å²) in [5, 5.41) is 3.37. The van der Waals surface area contributed by atoms with E-state index >= 15 is 0 Å². The van der Waals surface area contributed by atoms with Crippen LogP contribution in [0.4, 0.5) is 0 Å². The number of hydrogen-bond donors (Lipinski definition) is 1. The van der Waals surface area contributed by atoms with E-state index < -0.39 is 0 Å². The lowest BCUT2D eigenvalue weighted by atomic mass is 10.1. The number of pyridine rings is 1. The highest BCUT2D eigenvalue weighted by molar-refractivity contribution is 9.10. The van der Waals surface area contributed by atoms with Crippen molar-refractivity contribution in [2.45, 2.75) is 18.9 Å². The van der Waals surface area contributed by atoms with Crippen LogP contribution in [-0.2, 0) is 0 Å². The minimum Gasteiger partial charge on any atom is -0.317 e. The average Bonchev–Trinajstić information content (AvgIpc) is 2.73. The molecule has 1 N–H and O–H groups in total. The first kappa shape index (κ1) is 10.2. The molecule has 3 rings (SSSR count). The maximum absolute atomic E-state index is 4.45. The Morgan fingerprint density at radius 3 is 2.94 bits per heavy atom. The Kier molecular flexibility index (Phi) is 2.65. The number of nitrogens with zero attached hydrogens (tertiary/aromatic N) is 3. The fraction of sp³-hybridized carbons (Fsp3) is 0.455. The van der Waals surface area contributed by atoms with E-state index in [1.165, 1.54) is 0 Å². The maximum Gasteiger partial charge on any atom is 0.160 e. The molecule has 0 bridgehead atoms. The first-order valence-corrected chi connectivity index (χ1v) is 6.33. The van der Waals surface area contributed by atoms with E-state index in [9.17, 15) is 0 Å². The largest absolute Gasteiger partial charge is 0.317 e. The van der Waals surface area contributed by atoms with Gasteiger partial charge >= 0.3 is 0 Å². The number of rotatable bonds is 1. The topological polar surface area (TPSA) is 42.7 Å². The van der Waals surface area contributed by atoms with Crippen molar-refractivity contribution in [1.82, 2.24) is 19.9 Å². The average molecular weight is 281 g/mol. The first-order valence-electron chi connectivity index (χ1n) is 5.53. The van der Waals surface area contributed by atoms with E-state index in [0.29, 0.717) is 6.04 Å². The molecule has 4 nitrogen and oxygen atoms in total. The fourth-order valence-corrected chi connectivity index (χ4v) is 2.57. The number of piperidine rings is 1. The van der Waals surface area contributed by atoms with Crippen molar-refractivity contribution in [2.24, 2.45) is 0 Å². The van der Waals surface area contributed by atoms with Gasteiger partial charge in [0.15, 0.2) is 5.65 Å². The quantitative estimate of drug-likeness (QED) is 0.870. The van der Waals surface area contributed by atoms with E-state index in [-0.39, 0.29) is 0 Å². The molecule has 2 aromatic heterocycles. The molecule has 16 heavy (non-hydrogen) atoms. The second-order valence-electron chi connectivity index (χ2n) is 4.13. The van der Waals surface area contributed by atoms with Gasteiger partial charge in [0.1, 0.15) is 5.52 Å². The summed E-state index contributed by atoms with van der Waals surface area (Å²) in [5.41, 5.74) is 1.96. The fourth-order valence-electron chi connectivity index (χ4n) is 2.25. The highest BCUT2D eigenvalue weighted by Crippen LogP contribution is 2.24. The van der Waals surface area contributed by atoms with Crippen LogP contribution in [0.25, 0.3) is 11.2 Å². The van der Waals surface area contributed by atoms with Gasteiger partial charge in [-0.1, -0.05) is 0 Å². The molecule has 0 unspecified atom stereocenters. The van der Waals surface area contributed by atoms with Gasteiger partial charge < -0.3 is 9.88 Å². The number of hydrogen-bond acceptors (Lipinski definition) is 3. The molecule has 5 heteroatoms. The minimum absolute atomic E-state index is 0.542. The second-order valence-corrected chi connectivity index (χ2v) is 5.04. The second kappa shape index (κ2) is 4.14. The number of fused-ring (bicyclic) bond motifs is 1. The molecule has 0 saturated carbocycles. The Morgan fingerprint density at radius 2 is 2.12 bits per heavy atom. The van der Waals surface area contributed by atoms with Crippen molar-refractivity contribution in [3.8, 4) is 0 Å². The Bertz CT molecular complexity index is 502. The van der Waals surface area contributed by atoms with E-state index in [1.807, 2.05) is 18.6 Å². The van der Waals surface area contributed by atoms with Gasteiger partial charge in [-0.3, -0.25) is 0 Å². The van der Waals surface area contributed by atoms with E-state index in [4.69, 9.17) is 0 Å². The zero-order valence-corrected chi connectivity index (χ0v) is 10.4. The van der Waals surface area contributed by atoms with Crippen molar-refractivity contribution < 1.29 is 0 Å². The maximum atomic E-state index is 4.45. The third-order valence-corrected chi connectivity index (χ3v) is 3.52. The van der Waals surface area contributed by atoms with Crippen molar-refractivity contribution in [3.63, 3.8) is 0 Å². The number of halogens is 1. The van der Waals surface area contributed by atoms with Crippen LogP contribution < -0.4 is 5.32 Å².